The van der Waals surface area contributed by atoms with Crippen molar-refractivity contribution in [2.75, 3.05) is 26.7 Å². The van der Waals surface area contributed by atoms with Gasteiger partial charge in [-0.25, -0.2) is 0 Å². The molecule has 0 spiro atoms. The Morgan fingerprint density at radius 3 is 2.64 bits per heavy atom. The van der Waals surface area contributed by atoms with Crippen LogP contribution < -0.4 is 10.6 Å². The fourth-order valence-corrected chi connectivity index (χ4v) is 3.58. The summed E-state index contributed by atoms with van der Waals surface area (Å²) in [5.74, 6) is 1.13. The van der Waals surface area contributed by atoms with Gasteiger partial charge in [-0.2, -0.15) is 13.2 Å². The average molecular weight is 419 g/mol. The molecule has 1 aliphatic heterocycles. The third kappa shape index (κ3) is 5.34. The lowest BCUT2D eigenvalue weighted by molar-refractivity contribution is -0.143. The Balaban J connectivity index is 1.46. The monoisotopic (exact) mass is 418 g/mol. The number of aliphatic imine (C=N–C) groups is 1. The highest BCUT2D eigenvalue weighted by Crippen LogP contribution is 2.41. The number of rotatable bonds is 4. The fourth-order valence-electron chi connectivity index (χ4n) is 3.32. The molecule has 0 aromatic heterocycles. The Hall–Kier alpha value is -1.28. The van der Waals surface area contributed by atoms with Crippen molar-refractivity contribution in [2.24, 2.45) is 4.99 Å². The molecule has 3 unspecified atom stereocenters. The van der Waals surface area contributed by atoms with Crippen LogP contribution in [0.15, 0.2) is 33.7 Å². The van der Waals surface area contributed by atoms with Gasteiger partial charge in [0.1, 0.15) is 0 Å². The topological polar surface area (TPSA) is 39.7 Å². The zero-order valence-corrected chi connectivity index (χ0v) is 15.6. The summed E-state index contributed by atoms with van der Waals surface area (Å²) in [5, 5.41) is 6.64. The lowest BCUT2D eigenvalue weighted by Crippen LogP contribution is -2.46. The first-order valence-electron chi connectivity index (χ1n) is 8.38. The van der Waals surface area contributed by atoms with E-state index in [1.54, 1.807) is 7.05 Å². The molecule has 1 heterocycles. The molecule has 1 aromatic carbocycles. The minimum Gasteiger partial charge on any atom is -0.353 e. The van der Waals surface area contributed by atoms with Crippen LogP contribution >= 0.6 is 15.9 Å². The number of benzene rings is 1. The Bertz CT molecular complexity index is 617. The van der Waals surface area contributed by atoms with Gasteiger partial charge in [0.2, 0.25) is 0 Å². The molecule has 4 nitrogen and oxygen atoms in total. The first-order chi connectivity index (χ1) is 11.8. The van der Waals surface area contributed by atoms with Crippen LogP contribution in [-0.2, 0) is 0 Å². The molecule has 2 fully saturated rings. The van der Waals surface area contributed by atoms with Crippen molar-refractivity contribution in [3.63, 3.8) is 0 Å². The number of nitrogens with zero attached hydrogens (tertiary/aromatic N) is 2. The molecule has 3 rings (SSSR count). The SMILES string of the molecule is CN=C(NC1CCN(CC(F)(F)F)C1)NC1CC1c1ccc(Br)cc1. The molecular weight excluding hydrogens is 397 g/mol. The normalized spacial score (nSPS) is 27.4. The molecule has 25 heavy (non-hydrogen) atoms. The van der Waals surface area contributed by atoms with Crippen molar-refractivity contribution in [3.05, 3.63) is 34.3 Å². The predicted octanol–water partition coefficient (Wildman–Crippen LogP) is 3.11. The second-order valence-corrected chi connectivity index (χ2v) is 7.61. The third-order valence-corrected chi connectivity index (χ3v) is 5.18. The summed E-state index contributed by atoms with van der Waals surface area (Å²) in [6.45, 7) is 0.00557. The first kappa shape index (κ1) is 18.5. The Kier molecular flexibility index (Phi) is 5.58. The molecular formula is C17H22BrF3N4. The zero-order chi connectivity index (χ0) is 18.0. The van der Waals surface area contributed by atoms with Crippen molar-refractivity contribution in [1.82, 2.24) is 15.5 Å². The van der Waals surface area contributed by atoms with Gasteiger partial charge in [0.15, 0.2) is 5.96 Å². The van der Waals surface area contributed by atoms with Crippen LogP contribution in [0.4, 0.5) is 13.2 Å². The van der Waals surface area contributed by atoms with E-state index in [9.17, 15) is 13.2 Å². The quantitative estimate of drug-likeness (QED) is 0.582. The number of hydrogen-bond acceptors (Lipinski definition) is 2. The molecule has 1 aliphatic carbocycles. The molecule has 2 N–H and O–H groups in total. The summed E-state index contributed by atoms with van der Waals surface area (Å²) < 4.78 is 38.5. The molecule has 0 radical (unpaired) electrons. The van der Waals surface area contributed by atoms with Crippen LogP contribution in [0.1, 0.15) is 24.3 Å². The molecule has 3 atom stereocenters. The second kappa shape index (κ2) is 7.53. The van der Waals surface area contributed by atoms with E-state index in [4.69, 9.17) is 0 Å². The maximum Gasteiger partial charge on any atom is 0.401 e. The zero-order valence-electron chi connectivity index (χ0n) is 14.0. The van der Waals surface area contributed by atoms with E-state index >= 15 is 0 Å². The largest absolute Gasteiger partial charge is 0.401 e. The Labute approximate surface area is 154 Å². The van der Waals surface area contributed by atoms with Gasteiger partial charge in [-0.15, -0.1) is 0 Å². The van der Waals surface area contributed by atoms with Crippen molar-refractivity contribution in [3.8, 4) is 0 Å². The van der Waals surface area contributed by atoms with E-state index in [0.29, 0.717) is 37.4 Å². The highest BCUT2D eigenvalue weighted by Gasteiger charge is 2.39. The van der Waals surface area contributed by atoms with Crippen LogP contribution in [0.5, 0.6) is 0 Å². The summed E-state index contributed by atoms with van der Waals surface area (Å²) >= 11 is 3.43. The molecule has 8 heteroatoms. The molecule has 1 saturated carbocycles. The highest BCUT2D eigenvalue weighted by molar-refractivity contribution is 9.10. The summed E-state index contributed by atoms with van der Waals surface area (Å²) in [4.78, 5) is 5.66. The number of likely N-dealkylation sites (tertiary alicyclic amines) is 1. The fraction of sp³-hybridized carbons (Fsp3) is 0.588. The van der Waals surface area contributed by atoms with Gasteiger partial charge in [-0.05, 0) is 30.5 Å². The smallest absolute Gasteiger partial charge is 0.353 e. The van der Waals surface area contributed by atoms with Gasteiger partial charge >= 0.3 is 6.18 Å². The Morgan fingerprint density at radius 1 is 1.28 bits per heavy atom. The van der Waals surface area contributed by atoms with Crippen LogP contribution in [0, 0.1) is 0 Å². The van der Waals surface area contributed by atoms with Crippen molar-refractivity contribution < 1.29 is 13.2 Å². The van der Waals surface area contributed by atoms with Crippen molar-refractivity contribution >= 4 is 21.9 Å². The van der Waals surface area contributed by atoms with Gasteiger partial charge in [-0.3, -0.25) is 9.89 Å². The lowest BCUT2D eigenvalue weighted by Gasteiger charge is -2.20. The predicted molar refractivity (Wildman–Crippen MR) is 95.8 cm³/mol. The van der Waals surface area contributed by atoms with Gasteiger partial charge < -0.3 is 10.6 Å². The second-order valence-electron chi connectivity index (χ2n) is 6.70. The number of alkyl halides is 3. The highest BCUT2D eigenvalue weighted by atomic mass is 79.9. The summed E-state index contributed by atoms with van der Waals surface area (Å²) in [6, 6.07) is 8.60. The molecule has 1 aromatic rings. The van der Waals surface area contributed by atoms with Gasteiger partial charge in [0.05, 0.1) is 6.54 Å². The van der Waals surface area contributed by atoms with Crippen LogP contribution in [0.2, 0.25) is 0 Å². The third-order valence-electron chi connectivity index (χ3n) is 4.65. The number of guanidine groups is 1. The molecule has 1 saturated heterocycles. The summed E-state index contributed by atoms with van der Waals surface area (Å²) in [7, 11) is 1.69. The molecule has 138 valence electrons. The molecule has 0 bridgehead atoms. The molecule has 0 amide bonds. The van der Waals surface area contributed by atoms with Crippen LogP contribution in [-0.4, -0.2) is 55.8 Å². The minimum atomic E-state index is -4.14. The number of hydrogen-bond donors (Lipinski definition) is 2. The van der Waals surface area contributed by atoms with Gasteiger partial charge in [0, 0.05) is 42.6 Å². The van der Waals surface area contributed by atoms with E-state index in [0.717, 1.165) is 10.9 Å². The van der Waals surface area contributed by atoms with E-state index < -0.39 is 12.7 Å². The van der Waals surface area contributed by atoms with Gasteiger partial charge in [-0.1, -0.05) is 28.1 Å². The van der Waals surface area contributed by atoms with Crippen LogP contribution in [0.25, 0.3) is 0 Å². The van der Waals surface area contributed by atoms with E-state index in [1.165, 1.54) is 10.5 Å². The van der Waals surface area contributed by atoms with E-state index in [-0.39, 0.29) is 6.04 Å². The average Bonchev–Trinajstić information content (AvgIpc) is 3.17. The number of nitrogens with one attached hydrogen (secondary N) is 2. The van der Waals surface area contributed by atoms with Gasteiger partial charge in [0.25, 0.3) is 0 Å². The lowest BCUT2D eigenvalue weighted by atomic mass is 10.1. The number of halogens is 4. The minimum absolute atomic E-state index is 0.00145. The van der Waals surface area contributed by atoms with Crippen LogP contribution in [0.3, 0.4) is 0 Å². The first-order valence-corrected chi connectivity index (χ1v) is 9.18. The maximum atomic E-state index is 12.5. The van der Waals surface area contributed by atoms with Crippen molar-refractivity contribution in [1.29, 1.82) is 0 Å². The maximum absolute atomic E-state index is 12.5. The summed E-state index contributed by atoms with van der Waals surface area (Å²) in [5.41, 5.74) is 1.29. The van der Waals surface area contributed by atoms with E-state index in [1.807, 2.05) is 12.1 Å². The van der Waals surface area contributed by atoms with Crippen molar-refractivity contribution in [2.45, 2.75) is 37.0 Å². The summed E-state index contributed by atoms with van der Waals surface area (Å²) in [6.07, 6.45) is -2.41. The standard InChI is InChI=1S/C17H22BrF3N4/c1-22-16(23-13-6-7-25(9-13)10-17(19,20)21)24-15-8-14(15)11-2-4-12(18)5-3-11/h2-5,13-15H,6-10H2,1H3,(H2,22,23,24). The Morgan fingerprint density at radius 2 is 2.00 bits per heavy atom. The molecule has 2 aliphatic rings. The van der Waals surface area contributed by atoms with E-state index in [2.05, 4.69) is 43.7 Å².